The molecule has 2 aromatic rings. The van der Waals surface area contributed by atoms with Crippen molar-refractivity contribution < 1.29 is 5.11 Å². The van der Waals surface area contributed by atoms with Crippen LogP contribution in [0.4, 0.5) is 0 Å². The van der Waals surface area contributed by atoms with E-state index in [2.05, 4.69) is 0 Å². The largest absolute Gasteiger partial charge is 0.387 e. The summed E-state index contributed by atoms with van der Waals surface area (Å²) in [5, 5.41) is 12.8. The molecule has 1 heterocycles. The van der Waals surface area contributed by atoms with Crippen molar-refractivity contribution in [1.29, 1.82) is 0 Å². The molecule has 0 fully saturated rings. The van der Waals surface area contributed by atoms with Gasteiger partial charge >= 0.3 is 0 Å². The molecule has 0 aliphatic heterocycles. The predicted octanol–water partition coefficient (Wildman–Crippen LogP) is 4.54. The Morgan fingerprint density at radius 2 is 2.00 bits per heavy atom. The zero-order chi connectivity index (χ0) is 12.3. The van der Waals surface area contributed by atoms with Crippen LogP contribution >= 0.6 is 34.7 Å². The standard InChI is InChI=1S/C13H13ClOS2/c1-9-12(6-7-16-9)13(15)8-17-11-4-2-10(14)3-5-11/h2-7,13,15H,8H2,1H3. The van der Waals surface area contributed by atoms with Gasteiger partial charge in [0, 0.05) is 20.5 Å². The molecule has 1 N–H and O–H groups in total. The molecular formula is C13H13ClOS2. The van der Waals surface area contributed by atoms with Gasteiger partial charge in [-0.1, -0.05) is 11.6 Å². The number of aliphatic hydroxyl groups excluding tert-OH is 1. The summed E-state index contributed by atoms with van der Waals surface area (Å²) in [7, 11) is 0. The molecule has 4 heteroatoms. The van der Waals surface area contributed by atoms with Crippen molar-refractivity contribution in [3.8, 4) is 0 Å². The van der Waals surface area contributed by atoms with Crippen molar-refractivity contribution in [3.05, 3.63) is 51.2 Å². The monoisotopic (exact) mass is 284 g/mol. The van der Waals surface area contributed by atoms with Crippen LogP contribution in [0.2, 0.25) is 5.02 Å². The van der Waals surface area contributed by atoms with Crippen LogP contribution in [0, 0.1) is 6.92 Å². The maximum absolute atomic E-state index is 10.1. The lowest BCUT2D eigenvalue weighted by Crippen LogP contribution is -2.00. The topological polar surface area (TPSA) is 20.2 Å². The summed E-state index contributed by atoms with van der Waals surface area (Å²) in [6, 6.07) is 9.67. The summed E-state index contributed by atoms with van der Waals surface area (Å²) >= 11 is 9.13. The summed E-state index contributed by atoms with van der Waals surface area (Å²) < 4.78 is 0. The maximum atomic E-state index is 10.1. The molecule has 17 heavy (non-hydrogen) atoms. The van der Waals surface area contributed by atoms with Crippen molar-refractivity contribution in [1.82, 2.24) is 0 Å². The first-order chi connectivity index (χ1) is 8.16. The highest BCUT2D eigenvalue weighted by Crippen LogP contribution is 2.29. The van der Waals surface area contributed by atoms with Crippen molar-refractivity contribution in [2.45, 2.75) is 17.9 Å². The average molecular weight is 285 g/mol. The van der Waals surface area contributed by atoms with Gasteiger partial charge in [-0.15, -0.1) is 23.1 Å². The highest BCUT2D eigenvalue weighted by atomic mass is 35.5. The van der Waals surface area contributed by atoms with Gasteiger partial charge in [0.25, 0.3) is 0 Å². The van der Waals surface area contributed by atoms with Crippen LogP contribution in [-0.2, 0) is 0 Å². The minimum absolute atomic E-state index is 0.401. The Bertz CT molecular complexity index is 478. The van der Waals surface area contributed by atoms with E-state index in [1.165, 1.54) is 4.88 Å². The van der Waals surface area contributed by atoms with Gasteiger partial charge in [-0.25, -0.2) is 0 Å². The van der Waals surface area contributed by atoms with E-state index in [-0.39, 0.29) is 0 Å². The van der Waals surface area contributed by atoms with E-state index in [4.69, 9.17) is 11.6 Å². The van der Waals surface area contributed by atoms with Gasteiger partial charge in [-0.2, -0.15) is 0 Å². The average Bonchev–Trinajstić information content (AvgIpc) is 2.74. The fourth-order valence-electron chi connectivity index (χ4n) is 1.54. The summed E-state index contributed by atoms with van der Waals surface area (Å²) in [5.74, 6) is 0.666. The number of hydrogen-bond donors (Lipinski definition) is 1. The fourth-order valence-corrected chi connectivity index (χ4v) is 3.28. The number of hydrogen-bond acceptors (Lipinski definition) is 3. The highest BCUT2D eigenvalue weighted by molar-refractivity contribution is 7.99. The number of rotatable bonds is 4. The normalized spacial score (nSPS) is 12.6. The molecule has 0 saturated carbocycles. The lowest BCUT2D eigenvalue weighted by Gasteiger charge is -2.10. The first-order valence-electron chi connectivity index (χ1n) is 5.27. The summed E-state index contributed by atoms with van der Waals surface area (Å²) in [6.45, 7) is 2.04. The third-order valence-corrected chi connectivity index (χ3v) is 4.68. The van der Waals surface area contributed by atoms with Crippen LogP contribution in [0.3, 0.4) is 0 Å². The van der Waals surface area contributed by atoms with Crippen molar-refractivity contribution >= 4 is 34.7 Å². The molecule has 90 valence electrons. The van der Waals surface area contributed by atoms with Crippen LogP contribution in [0.25, 0.3) is 0 Å². The molecule has 2 rings (SSSR count). The number of aryl methyl sites for hydroxylation is 1. The molecule has 0 spiro atoms. The molecule has 0 saturated heterocycles. The van der Waals surface area contributed by atoms with Gasteiger partial charge in [0.1, 0.15) is 0 Å². The van der Waals surface area contributed by atoms with Crippen LogP contribution in [-0.4, -0.2) is 10.9 Å². The quantitative estimate of drug-likeness (QED) is 0.832. The number of benzene rings is 1. The lowest BCUT2D eigenvalue weighted by molar-refractivity contribution is 0.204. The molecule has 0 radical (unpaired) electrons. The van der Waals surface area contributed by atoms with E-state index in [1.807, 2.05) is 42.6 Å². The van der Waals surface area contributed by atoms with Gasteiger partial charge in [0.05, 0.1) is 6.10 Å². The summed E-state index contributed by atoms with van der Waals surface area (Å²) in [6.07, 6.45) is -0.401. The van der Waals surface area contributed by atoms with Crippen molar-refractivity contribution in [3.63, 3.8) is 0 Å². The van der Waals surface area contributed by atoms with Gasteiger partial charge in [-0.3, -0.25) is 0 Å². The third kappa shape index (κ3) is 3.49. The smallest absolute Gasteiger partial charge is 0.0894 e. The molecule has 0 amide bonds. The van der Waals surface area contributed by atoms with E-state index >= 15 is 0 Å². The van der Waals surface area contributed by atoms with Gasteiger partial charge in [-0.05, 0) is 48.2 Å². The van der Waals surface area contributed by atoms with Crippen LogP contribution in [0.5, 0.6) is 0 Å². The number of aliphatic hydroxyl groups is 1. The van der Waals surface area contributed by atoms with E-state index in [1.54, 1.807) is 23.1 Å². The lowest BCUT2D eigenvalue weighted by atomic mass is 10.2. The Kier molecular flexibility index (Phi) is 4.51. The third-order valence-electron chi connectivity index (χ3n) is 2.48. The van der Waals surface area contributed by atoms with E-state index in [9.17, 15) is 5.11 Å². The fraction of sp³-hybridized carbons (Fsp3) is 0.231. The molecular weight excluding hydrogens is 272 g/mol. The van der Waals surface area contributed by atoms with Crippen molar-refractivity contribution in [2.75, 3.05) is 5.75 Å². The molecule has 1 aromatic heterocycles. The van der Waals surface area contributed by atoms with Crippen molar-refractivity contribution in [2.24, 2.45) is 0 Å². The highest BCUT2D eigenvalue weighted by Gasteiger charge is 2.11. The Balaban J connectivity index is 1.94. The zero-order valence-electron chi connectivity index (χ0n) is 9.39. The minimum Gasteiger partial charge on any atom is -0.387 e. The Morgan fingerprint density at radius 3 is 2.59 bits per heavy atom. The van der Waals surface area contributed by atoms with Crippen LogP contribution < -0.4 is 0 Å². The second kappa shape index (κ2) is 5.91. The number of thioether (sulfide) groups is 1. The number of thiophene rings is 1. The number of halogens is 1. The van der Waals surface area contributed by atoms with Gasteiger partial charge < -0.3 is 5.11 Å². The Morgan fingerprint density at radius 1 is 1.29 bits per heavy atom. The molecule has 0 aliphatic rings. The van der Waals surface area contributed by atoms with Gasteiger partial charge in [0.15, 0.2) is 0 Å². The predicted molar refractivity (Wildman–Crippen MR) is 76.2 cm³/mol. The van der Waals surface area contributed by atoms with Crippen LogP contribution in [0.1, 0.15) is 16.5 Å². The minimum atomic E-state index is -0.401. The van der Waals surface area contributed by atoms with Gasteiger partial charge in [0.2, 0.25) is 0 Å². The second-order valence-electron chi connectivity index (χ2n) is 3.71. The van der Waals surface area contributed by atoms with Crippen LogP contribution in [0.15, 0.2) is 40.6 Å². The molecule has 0 aliphatic carbocycles. The van der Waals surface area contributed by atoms with E-state index in [0.29, 0.717) is 5.75 Å². The molecule has 0 bridgehead atoms. The Labute approximate surface area is 114 Å². The van der Waals surface area contributed by atoms with E-state index in [0.717, 1.165) is 15.5 Å². The molecule has 1 nitrogen and oxygen atoms in total. The molecule has 1 aromatic carbocycles. The zero-order valence-corrected chi connectivity index (χ0v) is 11.8. The SMILES string of the molecule is Cc1sccc1C(O)CSc1ccc(Cl)cc1. The maximum Gasteiger partial charge on any atom is 0.0894 e. The van der Waals surface area contributed by atoms with E-state index < -0.39 is 6.10 Å². The Hall–Kier alpha value is -0.480. The second-order valence-corrected chi connectivity index (χ2v) is 6.36. The first-order valence-corrected chi connectivity index (χ1v) is 7.51. The molecule has 1 unspecified atom stereocenters. The summed E-state index contributed by atoms with van der Waals surface area (Å²) in [5.41, 5.74) is 1.04. The first kappa shape index (κ1) is 13.0. The summed E-state index contributed by atoms with van der Waals surface area (Å²) in [4.78, 5) is 2.32. The molecule has 1 atom stereocenters.